The Hall–Kier alpha value is 0.310. The van der Waals surface area contributed by atoms with Crippen molar-refractivity contribution in [3.05, 3.63) is 0 Å². The average molecular weight is 269 g/mol. The smallest absolute Gasteiger partial charge is 0.00978 e. The Balaban J connectivity index is 1.82. The minimum Gasteiger partial charge on any atom is -0.314 e. The van der Waals surface area contributed by atoms with E-state index in [0.29, 0.717) is 0 Å². The third kappa shape index (κ3) is 4.45. The van der Waals surface area contributed by atoms with Gasteiger partial charge in [0.25, 0.3) is 0 Å². The predicted octanol–water partition coefficient (Wildman–Crippen LogP) is 4.32. The van der Waals surface area contributed by atoms with Crippen LogP contribution in [-0.2, 0) is 0 Å². The van der Waals surface area contributed by atoms with Crippen LogP contribution in [0.15, 0.2) is 0 Å². The Bertz CT molecular complexity index is 217. The van der Waals surface area contributed by atoms with Gasteiger partial charge in [0.2, 0.25) is 0 Å². The second kappa shape index (κ2) is 7.79. The molecule has 0 aromatic heterocycles. The number of hydrogen-bond acceptors (Lipinski definition) is 2. The topological polar surface area (TPSA) is 12.0 Å². The molecule has 1 aliphatic carbocycles. The van der Waals surface area contributed by atoms with Crippen LogP contribution in [0.5, 0.6) is 0 Å². The maximum Gasteiger partial charge on any atom is 0.00978 e. The van der Waals surface area contributed by atoms with E-state index in [1.54, 1.807) is 0 Å². The van der Waals surface area contributed by atoms with E-state index >= 15 is 0 Å². The number of thioether (sulfide) groups is 1. The van der Waals surface area contributed by atoms with Gasteiger partial charge in [-0.15, -0.1) is 0 Å². The van der Waals surface area contributed by atoms with Crippen molar-refractivity contribution >= 4 is 11.8 Å². The SMILES string of the molecule is CCNC(CC1CCSCC1)C1CCC(C)CC1. The van der Waals surface area contributed by atoms with Gasteiger partial charge in [-0.25, -0.2) is 0 Å². The van der Waals surface area contributed by atoms with Gasteiger partial charge in [-0.2, -0.15) is 11.8 Å². The lowest BCUT2D eigenvalue weighted by atomic mass is 9.76. The molecule has 18 heavy (non-hydrogen) atoms. The van der Waals surface area contributed by atoms with Crippen LogP contribution in [-0.4, -0.2) is 24.1 Å². The molecule has 1 heterocycles. The maximum atomic E-state index is 3.81. The summed E-state index contributed by atoms with van der Waals surface area (Å²) in [6.45, 7) is 5.85. The van der Waals surface area contributed by atoms with Crippen molar-refractivity contribution < 1.29 is 0 Å². The molecule has 1 saturated heterocycles. The number of rotatable bonds is 5. The molecule has 2 rings (SSSR count). The summed E-state index contributed by atoms with van der Waals surface area (Å²) in [6, 6.07) is 0.815. The standard InChI is InChI=1S/C16H31NS/c1-3-17-16(12-14-8-10-18-11-9-14)15-6-4-13(2)5-7-15/h13-17H,3-12H2,1-2H3. The maximum absolute atomic E-state index is 3.81. The lowest BCUT2D eigenvalue weighted by Crippen LogP contribution is -2.39. The Labute approximate surface area is 118 Å². The van der Waals surface area contributed by atoms with Crippen LogP contribution in [0.25, 0.3) is 0 Å². The third-order valence-corrected chi connectivity index (χ3v) is 6.07. The van der Waals surface area contributed by atoms with Crippen molar-refractivity contribution in [2.75, 3.05) is 18.1 Å². The molecule has 106 valence electrons. The first-order chi connectivity index (χ1) is 8.79. The molecule has 1 atom stereocenters. The molecule has 2 fully saturated rings. The summed E-state index contributed by atoms with van der Waals surface area (Å²) in [6.07, 6.45) is 10.3. The zero-order valence-corrected chi connectivity index (χ0v) is 13.1. The Kier molecular flexibility index (Phi) is 6.37. The summed E-state index contributed by atoms with van der Waals surface area (Å²) in [4.78, 5) is 0. The van der Waals surface area contributed by atoms with Crippen LogP contribution in [0.3, 0.4) is 0 Å². The van der Waals surface area contributed by atoms with Crippen LogP contribution in [0.2, 0.25) is 0 Å². The molecule has 2 heteroatoms. The highest BCUT2D eigenvalue weighted by atomic mass is 32.2. The largest absolute Gasteiger partial charge is 0.314 e. The number of hydrogen-bond donors (Lipinski definition) is 1. The van der Waals surface area contributed by atoms with Gasteiger partial charge < -0.3 is 5.32 Å². The lowest BCUT2D eigenvalue weighted by molar-refractivity contribution is 0.204. The van der Waals surface area contributed by atoms with Crippen molar-refractivity contribution in [1.82, 2.24) is 5.32 Å². The quantitative estimate of drug-likeness (QED) is 0.797. The van der Waals surface area contributed by atoms with Crippen LogP contribution < -0.4 is 5.32 Å². The zero-order chi connectivity index (χ0) is 12.8. The fourth-order valence-electron chi connectivity index (χ4n) is 3.73. The average Bonchev–Trinajstić information content (AvgIpc) is 2.40. The minimum atomic E-state index is 0.815. The van der Waals surface area contributed by atoms with Crippen molar-refractivity contribution in [3.8, 4) is 0 Å². The monoisotopic (exact) mass is 269 g/mol. The third-order valence-electron chi connectivity index (χ3n) is 5.02. The first-order valence-corrected chi connectivity index (χ1v) is 9.26. The summed E-state index contributed by atoms with van der Waals surface area (Å²) in [5.74, 6) is 5.77. The van der Waals surface area contributed by atoms with E-state index in [4.69, 9.17) is 0 Å². The molecule has 1 N–H and O–H groups in total. The highest BCUT2D eigenvalue weighted by Crippen LogP contribution is 2.34. The Morgan fingerprint density at radius 2 is 1.72 bits per heavy atom. The minimum absolute atomic E-state index is 0.815. The van der Waals surface area contributed by atoms with Gasteiger partial charge in [0.05, 0.1) is 0 Å². The zero-order valence-electron chi connectivity index (χ0n) is 12.3. The summed E-state index contributed by atoms with van der Waals surface area (Å²) in [5.41, 5.74) is 0. The van der Waals surface area contributed by atoms with E-state index in [1.165, 1.54) is 56.5 Å². The van der Waals surface area contributed by atoms with E-state index in [-0.39, 0.29) is 0 Å². The van der Waals surface area contributed by atoms with Crippen LogP contribution in [0.4, 0.5) is 0 Å². The Morgan fingerprint density at radius 3 is 2.33 bits per heavy atom. The second-order valence-electron chi connectivity index (χ2n) is 6.48. The van der Waals surface area contributed by atoms with E-state index in [1.807, 2.05) is 0 Å². The summed E-state index contributed by atoms with van der Waals surface area (Å²) >= 11 is 2.15. The first-order valence-electron chi connectivity index (χ1n) is 8.10. The van der Waals surface area contributed by atoms with Crippen molar-refractivity contribution in [2.45, 2.75) is 64.8 Å². The lowest BCUT2D eigenvalue weighted by Gasteiger charge is -2.36. The molecule has 1 aliphatic heterocycles. The van der Waals surface area contributed by atoms with Gasteiger partial charge in [-0.3, -0.25) is 0 Å². The van der Waals surface area contributed by atoms with Crippen molar-refractivity contribution in [3.63, 3.8) is 0 Å². The van der Waals surface area contributed by atoms with Gasteiger partial charge >= 0.3 is 0 Å². The number of nitrogens with one attached hydrogen (secondary N) is 1. The van der Waals surface area contributed by atoms with Crippen LogP contribution in [0, 0.1) is 17.8 Å². The van der Waals surface area contributed by atoms with Crippen LogP contribution >= 0.6 is 11.8 Å². The first kappa shape index (κ1) is 14.7. The molecule has 0 amide bonds. The molecule has 2 aliphatic rings. The van der Waals surface area contributed by atoms with Crippen molar-refractivity contribution in [2.24, 2.45) is 17.8 Å². The molecular weight excluding hydrogens is 238 g/mol. The summed E-state index contributed by atoms with van der Waals surface area (Å²) in [7, 11) is 0. The van der Waals surface area contributed by atoms with E-state index < -0.39 is 0 Å². The Morgan fingerprint density at radius 1 is 1.06 bits per heavy atom. The van der Waals surface area contributed by atoms with E-state index in [0.717, 1.165) is 30.3 Å². The van der Waals surface area contributed by atoms with E-state index in [9.17, 15) is 0 Å². The fourth-order valence-corrected chi connectivity index (χ4v) is 4.94. The molecule has 0 aromatic rings. The molecule has 0 bridgehead atoms. The highest BCUT2D eigenvalue weighted by Gasteiger charge is 2.28. The highest BCUT2D eigenvalue weighted by molar-refractivity contribution is 7.99. The molecule has 1 unspecified atom stereocenters. The van der Waals surface area contributed by atoms with Crippen LogP contribution in [0.1, 0.15) is 58.8 Å². The summed E-state index contributed by atoms with van der Waals surface area (Å²) < 4.78 is 0. The molecule has 1 nitrogen and oxygen atoms in total. The van der Waals surface area contributed by atoms with E-state index in [2.05, 4.69) is 30.9 Å². The summed E-state index contributed by atoms with van der Waals surface area (Å²) in [5, 5.41) is 3.81. The van der Waals surface area contributed by atoms with Gasteiger partial charge in [0.15, 0.2) is 0 Å². The molecule has 0 radical (unpaired) electrons. The molecule has 0 spiro atoms. The predicted molar refractivity (Wildman–Crippen MR) is 83.3 cm³/mol. The van der Waals surface area contributed by atoms with Gasteiger partial charge in [-0.05, 0) is 67.9 Å². The van der Waals surface area contributed by atoms with Crippen molar-refractivity contribution in [1.29, 1.82) is 0 Å². The molecular formula is C16H31NS. The van der Waals surface area contributed by atoms with Gasteiger partial charge in [0, 0.05) is 6.04 Å². The second-order valence-corrected chi connectivity index (χ2v) is 7.70. The molecule has 0 aromatic carbocycles. The normalized spacial score (nSPS) is 32.3. The van der Waals surface area contributed by atoms with Gasteiger partial charge in [-0.1, -0.05) is 26.7 Å². The molecule has 1 saturated carbocycles. The fraction of sp³-hybridized carbons (Fsp3) is 1.00. The van der Waals surface area contributed by atoms with Gasteiger partial charge in [0.1, 0.15) is 0 Å².